The van der Waals surface area contributed by atoms with E-state index < -0.39 is 16.1 Å². The molecule has 10 heteroatoms. The SMILES string of the molecule is O=S(=O)(c1ccc2c(c1)OCCO2)N1CCCC1c1nnc(-c2ccccn2)o1. The van der Waals surface area contributed by atoms with Crippen molar-refractivity contribution in [2.75, 3.05) is 19.8 Å². The molecule has 2 aliphatic heterocycles. The maximum absolute atomic E-state index is 13.3. The third-order valence-corrected chi connectivity index (χ3v) is 6.84. The van der Waals surface area contributed by atoms with Crippen LogP contribution in [-0.2, 0) is 10.0 Å². The van der Waals surface area contributed by atoms with Crippen LogP contribution in [0, 0.1) is 0 Å². The Morgan fingerprint density at radius 3 is 2.72 bits per heavy atom. The molecule has 0 amide bonds. The van der Waals surface area contributed by atoms with Gasteiger partial charge in [-0.25, -0.2) is 8.42 Å². The Bertz CT molecular complexity index is 1130. The first kappa shape index (κ1) is 18.1. The molecule has 3 aromatic rings. The average molecular weight is 414 g/mol. The zero-order valence-corrected chi connectivity index (χ0v) is 16.2. The molecule has 29 heavy (non-hydrogen) atoms. The molecule has 150 valence electrons. The topological polar surface area (TPSA) is 108 Å². The molecule has 0 aliphatic carbocycles. The zero-order chi connectivity index (χ0) is 19.8. The molecule has 1 fully saturated rings. The largest absolute Gasteiger partial charge is 0.486 e. The van der Waals surface area contributed by atoms with Crippen molar-refractivity contribution in [1.82, 2.24) is 19.5 Å². The van der Waals surface area contributed by atoms with Crippen LogP contribution in [0.15, 0.2) is 51.9 Å². The molecule has 2 aliphatic rings. The lowest BCUT2D eigenvalue weighted by Crippen LogP contribution is -2.31. The van der Waals surface area contributed by atoms with Gasteiger partial charge < -0.3 is 13.9 Å². The molecule has 0 bridgehead atoms. The Hall–Kier alpha value is -2.98. The minimum absolute atomic E-state index is 0.151. The van der Waals surface area contributed by atoms with Crippen LogP contribution < -0.4 is 9.47 Å². The number of nitrogens with zero attached hydrogens (tertiary/aromatic N) is 4. The van der Waals surface area contributed by atoms with Crippen molar-refractivity contribution >= 4 is 10.0 Å². The Balaban J connectivity index is 1.45. The van der Waals surface area contributed by atoms with Gasteiger partial charge in [0.25, 0.3) is 5.89 Å². The van der Waals surface area contributed by atoms with Crippen LogP contribution in [0.1, 0.15) is 24.8 Å². The van der Waals surface area contributed by atoms with Crippen molar-refractivity contribution in [3.63, 3.8) is 0 Å². The second-order valence-electron chi connectivity index (χ2n) is 6.74. The number of benzene rings is 1. The summed E-state index contributed by atoms with van der Waals surface area (Å²) in [6.45, 7) is 1.22. The molecule has 9 nitrogen and oxygen atoms in total. The van der Waals surface area contributed by atoms with Crippen molar-refractivity contribution in [3.05, 3.63) is 48.5 Å². The van der Waals surface area contributed by atoms with E-state index in [4.69, 9.17) is 13.9 Å². The lowest BCUT2D eigenvalue weighted by molar-refractivity contribution is 0.171. The summed E-state index contributed by atoms with van der Waals surface area (Å²) in [5.74, 6) is 1.52. The molecule has 1 atom stereocenters. The maximum atomic E-state index is 13.3. The third-order valence-electron chi connectivity index (χ3n) is 4.93. The molecular weight excluding hydrogens is 396 g/mol. The third kappa shape index (κ3) is 3.23. The monoisotopic (exact) mass is 414 g/mol. The molecule has 5 rings (SSSR count). The maximum Gasteiger partial charge on any atom is 0.266 e. The van der Waals surface area contributed by atoms with E-state index in [0.717, 1.165) is 0 Å². The number of aromatic nitrogens is 3. The number of sulfonamides is 1. The standard InChI is InChI=1S/C19H18N4O5S/c24-29(25,13-6-7-16-17(12-13)27-11-10-26-16)23-9-3-5-15(23)19-22-21-18(28-19)14-4-1-2-8-20-14/h1-2,4,6-8,12,15H,3,5,9-11H2. The minimum Gasteiger partial charge on any atom is -0.486 e. The van der Waals surface area contributed by atoms with Crippen molar-refractivity contribution in [3.8, 4) is 23.1 Å². The molecule has 1 aromatic carbocycles. The highest BCUT2D eigenvalue weighted by atomic mass is 32.2. The lowest BCUT2D eigenvalue weighted by Gasteiger charge is -2.23. The van der Waals surface area contributed by atoms with Gasteiger partial charge >= 0.3 is 0 Å². The molecule has 2 aromatic heterocycles. The van der Waals surface area contributed by atoms with E-state index in [9.17, 15) is 8.42 Å². The quantitative estimate of drug-likeness (QED) is 0.641. The summed E-state index contributed by atoms with van der Waals surface area (Å²) in [6.07, 6.45) is 2.94. The second kappa shape index (κ2) is 7.12. The smallest absolute Gasteiger partial charge is 0.266 e. The van der Waals surface area contributed by atoms with Gasteiger partial charge in [0, 0.05) is 18.8 Å². The molecule has 0 spiro atoms. The molecule has 1 unspecified atom stereocenters. The molecule has 0 saturated carbocycles. The number of pyridine rings is 1. The predicted molar refractivity (Wildman–Crippen MR) is 101 cm³/mol. The van der Waals surface area contributed by atoms with Gasteiger partial charge in [0.1, 0.15) is 24.9 Å². The van der Waals surface area contributed by atoms with Gasteiger partial charge in [0.05, 0.1) is 4.90 Å². The van der Waals surface area contributed by atoms with Crippen molar-refractivity contribution in [2.24, 2.45) is 0 Å². The number of ether oxygens (including phenoxy) is 2. The predicted octanol–water partition coefficient (Wildman–Crippen LogP) is 2.43. The summed E-state index contributed by atoms with van der Waals surface area (Å²) in [6, 6.07) is 9.52. The number of hydrogen-bond acceptors (Lipinski definition) is 8. The van der Waals surface area contributed by atoms with E-state index >= 15 is 0 Å². The van der Waals surface area contributed by atoms with Gasteiger partial charge in [-0.05, 0) is 37.1 Å². The van der Waals surface area contributed by atoms with E-state index in [1.807, 2.05) is 6.07 Å². The molecule has 0 radical (unpaired) electrons. The van der Waals surface area contributed by atoms with Crippen molar-refractivity contribution in [1.29, 1.82) is 0 Å². The van der Waals surface area contributed by atoms with E-state index in [-0.39, 0.29) is 16.7 Å². The van der Waals surface area contributed by atoms with Gasteiger partial charge in [0.2, 0.25) is 15.9 Å². The van der Waals surface area contributed by atoms with E-state index in [1.54, 1.807) is 24.4 Å². The van der Waals surface area contributed by atoms with E-state index in [1.165, 1.54) is 16.4 Å². The molecule has 4 heterocycles. The lowest BCUT2D eigenvalue weighted by atomic mass is 10.2. The Kier molecular flexibility index (Phi) is 4.44. The van der Waals surface area contributed by atoms with Crippen molar-refractivity contribution < 1.29 is 22.3 Å². The summed E-state index contributed by atoms with van der Waals surface area (Å²) < 4.78 is 44.8. The highest BCUT2D eigenvalue weighted by molar-refractivity contribution is 7.89. The highest BCUT2D eigenvalue weighted by Gasteiger charge is 2.39. The summed E-state index contributed by atoms with van der Waals surface area (Å²) >= 11 is 0. The van der Waals surface area contributed by atoms with Gasteiger partial charge in [0.15, 0.2) is 11.5 Å². The summed E-state index contributed by atoms with van der Waals surface area (Å²) in [4.78, 5) is 4.34. The fourth-order valence-electron chi connectivity index (χ4n) is 3.56. The van der Waals surface area contributed by atoms with Crippen LogP contribution in [0.2, 0.25) is 0 Å². The van der Waals surface area contributed by atoms with Crippen LogP contribution >= 0.6 is 0 Å². The van der Waals surface area contributed by atoms with Crippen LogP contribution in [-0.4, -0.2) is 47.7 Å². The van der Waals surface area contributed by atoms with Crippen LogP contribution in [0.25, 0.3) is 11.6 Å². The van der Waals surface area contributed by atoms with Gasteiger partial charge in [-0.2, -0.15) is 4.31 Å². The Morgan fingerprint density at radius 1 is 1.03 bits per heavy atom. The average Bonchev–Trinajstić information content (AvgIpc) is 3.44. The van der Waals surface area contributed by atoms with Crippen LogP contribution in [0.5, 0.6) is 11.5 Å². The molecule has 0 N–H and O–H groups in total. The first-order valence-electron chi connectivity index (χ1n) is 9.29. The molecular formula is C19H18N4O5S. The van der Waals surface area contributed by atoms with E-state index in [2.05, 4.69) is 15.2 Å². The van der Waals surface area contributed by atoms with Gasteiger partial charge in [-0.3, -0.25) is 4.98 Å². The highest BCUT2D eigenvalue weighted by Crippen LogP contribution is 2.39. The first-order chi connectivity index (χ1) is 14.1. The first-order valence-corrected chi connectivity index (χ1v) is 10.7. The minimum atomic E-state index is -3.77. The number of fused-ring (bicyclic) bond motifs is 1. The van der Waals surface area contributed by atoms with Crippen LogP contribution in [0.4, 0.5) is 0 Å². The van der Waals surface area contributed by atoms with Gasteiger partial charge in [-0.15, -0.1) is 10.2 Å². The zero-order valence-electron chi connectivity index (χ0n) is 15.4. The Labute approximate surface area is 167 Å². The Morgan fingerprint density at radius 2 is 1.90 bits per heavy atom. The fourth-order valence-corrected chi connectivity index (χ4v) is 5.22. The second-order valence-corrected chi connectivity index (χ2v) is 8.63. The number of hydrogen-bond donors (Lipinski definition) is 0. The summed E-state index contributed by atoms with van der Waals surface area (Å²) in [5, 5.41) is 8.14. The summed E-state index contributed by atoms with van der Waals surface area (Å²) in [7, 11) is -3.77. The molecule has 1 saturated heterocycles. The fraction of sp³-hybridized carbons (Fsp3) is 0.316. The van der Waals surface area contributed by atoms with Crippen LogP contribution in [0.3, 0.4) is 0 Å². The van der Waals surface area contributed by atoms with Crippen molar-refractivity contribution in [2.45, 2.75) is 23.8 Å². The number of rotatable bonds is 4. The normalized spacial score (nSPS) is 19.4. The van der Waals surface area contributed by atoms with Gasteiger partial charge in [-0.1, -0.05) is 6.07 Å². The summed E-state index contributed by atoms with van der Waals surface area (Å²) in [5.41, 5.74) is 0.547. The van der Waals surface area contributed by atoms with E-state index in [0.29, 0.717) is 49.8 Å².